The Morgan fingerprint density at radius 2 is 1.96 bits per heavy atom. The Bertz CT molecular complexity index is 753. The van der Waals surface area contributed by atoms with Gasteiger partial charge in [0.05, 0.1) is 0 Å². The van der Waals surface area contributed by atoms with Gasteiger partial charge in [-0.25, -0.2) is 0 Å². The lowest BCUT2D eigenvalue weighted by Gasteiger charge is -2.14. The van der Waals surface area contributed by atoms with Crippen LogP contribution in [-0.2, 0) is 12.7 Å². The fourth-order valence-electron chi connectivity index (χ4n) is 2.36. The SMILES string of the molecule is Cc1cccc(NC(=S)NCCCn2nc(C(F)(F)F)cc2C)c1C. The predicted molar refractivity (Wildman–Crippen MR) is 96.7 cm³/mol. The van der Waals surface area contributed by atoms with E-state index in [1.54, 1.807) is 6.92 Å². The van der Waals surface area contributed by atoms with Gasteiger partial charge in [-0.2, -0.15) is 18.3 Å². The van der Waals surface area contributed by atoms with E-state index in [1.807, 2.05) is 32.0 Å². The van der Waals surface area contributed by atoms with Crippen LogP contribution in [0.4, 0.5) is 18.9 Å². The van der Waals surface area contributed by atoms with Crippen LogP contribution in [0, 0.1) is 20.8 Å². The molecule has 0 radical (unpaired) electrons. The van der Waals surface area contributed by atoms with Crippen molar-refractivity contribution in [2.75, 3.05) is 11.9 Å². The molecule has 0 fully saturated rings. The van der Waals surface area contributed by atoms with E-state index >= 15 is 0 Å². The second kappa shape index (κ2) is 7.86. The van der Waals surface area contributed by atoms with E-state index in [2.05, 4.69) is 15.7 Å². The standard InChI is InChI=1S/C17H21F3N4S/c1-11-6-4-7-14(13(11)3)22-16(25)21-8-5-9-24-12(2)10-15(23-24)17(18,19)20/h4,6-7,10H,5,8-9H2,1-3H3,(H2,21,22,25). The highest BCUT2D eigenvalue weighted by molar-refractivity contribution is 7.80. The Balaban J connectivity index is 1.80. The number of aryl methyl sites for hydroxylation is 3. The normalized spacial score (nSPS) is 11.4. The number of alkyl halides is 3. The average Bonchev–Trinajstić information content (AvgIpc) is 2.90. The minimum absolute atomic E-state index is 0.390. The van der Waals surface area contributed by atoms with Crippen LogP contribution in [0.5, 0.6) is 0 Å². The van der Waals surface area contributed by atoms with Gasteiger partial charge in [0, 0.05) is 24.5 Å². The molecule has 2 aromatic rings. The fraction of sp³-hybridized carbons (Fsp3) is 0.412. The van der Waals surface area contributed by atoms with Gasteiger partial charge in [0.15, 0.2) is 10.8 Å². The Morgan fingerprint density at radius 1 is 1.24 bits per heavy atom. The van der Waals surface area contributed by atoms with Gasteiger partial charge in [0.1, 0.15) is 0 Å². The molecule has 25 heavy (non-hydrogen) atoms. The summed E-state index contributed by atoms with van der Waals surface area (Å²) in [5.74, 6) is 0. The zero-order chi connectivity index (χ0) is 18.6. The monoisotopic (exact) mass is 370 g/mol. The van der Waals surface area contributed by atoms with E-state index < -0.39 is 11.9 Å². The molecule has 0 saturated carbocycles. The van der Waals surface area contributed by atoms with Gasteiger partial charge in [-0.05, 0) is 62.7 Å². The van der Waals surface area contributed by atoms with Gasteiger partial charge >= 0.3 is 6.18 Å². The summed E-state index contributed by atoms with van der Waals surface area (Å²) >= 11 is 5.25. The second-order valence-corrected chi connectivity index (χ2v) is 6.28. The molecule has 2 rings (SSSR count). The number of nitrogens with zero attached hydrogens (tertiary/aromatic N) is 2. The van der Waals surface area contributed by atoms with Crippen molar-refractivity contribution in [2.24, 2.45) is 0 Å². The number of aromatic nitrogens is 2. The molecule has 1 aromatic heterocycles. The van der Waals surface area contributed by atoms with Gasteiger partial charge in [-0.15, -0.1) is 0 Å². The molecule has 0 unspecified atom stereocenters. The molecule has 136 valence electrons. The number of halogens is 3. The molecule has 0 aliphatic rings. The highest BCUT2D eigenvalue weighted by Gasteiger charge is 2.34. The lowest BCUT2D eigenvalue weighted by molar-refractivity contribution is -0.141. The summed E-state index contributed by atoms with van der Waals surface area (Å²) < 4.78 is 39.3. The van der Waals surface area contributed by atoms with Crippen molar-refractivity contribution in [3.63, 3.8) is 0 Å². The number of nitrogens with one attached hydrogen (secondary N) is 2. The van der Waals surface area contributed by atoms with Gasteiger partial charge in [-0.1, -0.05) is 12.1 Å². The zero-order valence-corrected chi connectivity index (χ0v) is 15.2. The summed E-state index contributed by atoms with van der Waals surface area (Å²) in [6, 6.07) is 6.98. The number of hydrogen-bond donors (Lipinski definition) is 2. The largest absolute Gasteiger partial charge is 0.435 e. The number of thiocarbonyl (C=S) groups is 1. The molecule has 4 nitrogen and oxygen atoms in total. The van der Waals surface area contributed by atoms with Gasteiger partial charge in [0.25, 0.3) is 0 Å². The summed E-state index contributed by atoms with van der Waals surface area (Å²) in [6.07, 6.45) is -3.81. The summed E-state index contributed by atoms with van der Waals surface area (Å²) in [4.78, 5) is 0. The van der Waals surface area contributed by atoms with Gasteiger partial charge in [-0.3, -0.25) is 4.68 Å². The van der Waals surface area contributed by atoms with E-state index in [-0.39, 0.29) is 0 Å². The number of rotatable bonds is 5. The van der Waals surface area contributed by atoms with Crippen molar-refractivity contribution >= 4 is 23.0 Å². The molecule has 0 spiro atoms. The maximum atomic E-state index is 12.6. The smallest absolute Gasteiger partial charge is 0.362 e. The van der Waals surface area contributed by atoms with Crippen molar-refractivity contribution in [2.45, 2.75) is 39.9 Å². The Hall–Kier alpha value is -2.09. The van der Waals surface area contributed by atoms with Crippen molar-refractivity contribution in [1.29, 1.82) is 0 Å². The molecule has 2 N–H and O–H groups in total. The van der Waals surface area contributed by atoms with Gasteiger partial charge < -0.3 is 10.6 Å². The van der Waals surface area contributed by atoms with E-state index in [0.717, 1.165) is 17.3 Å². The predicted octanol–water partition coefficient (Wildman–Crippen LogP) is 4.20. The van der Waals surface area contributed by atoms with Crippen LogP contribution in [-0.4, -0.2) is 21.4 Å². The summed E-state index contributed by atoms with van der Waals surface area (Å²) in [6.45, 7) is 6.58. The minimum Gasteiger partial charge on any atom is -0.362 e. The number of anilines is 1. The molecule has 0 aliphatic heterocycles. The average molecular weight is 370 g/mol. The van der Waals surface area contributed by atoms with E-state index in [4.69, 9.17) is 12.2 Å². The molecule has 1 heterocycles. The molecular formula is C17H21F3N4S. The van der Waals surface area contributed by atoms with Crippen molar-refractivity contribution in [1.82, 2.24) is 15.1 Å². The zero-order valence-electron chi connectivity index (χ0n) is 14.4. The first-order valence-corrected chi connectivity index (χ1v) is 8.32. The third kappa shape index (κ3) is 5.19. The minimum atomic E-state index is -4.41. The lowest BCUT2D eigenvalue weighted by atomic mass is 10.1. The summed E-state index contributed by atoms with van der Waals surface area (Å²) in [5, 5.41) is 10.3. The highest BCUT2D eigenvalue weighted by atomic mass is 32.1. The second-order valence-electron chi connectivity index (χ2n) is 5.87. The first-order chi connectivity index (χ1) is 11.7. The third-order valence-corrected chi connectivity index (χ3v) is 4.20. The van der Waals surface area contributed by atoms with Crippen LogP contribution in [0.25, 0.3) is 0 Å². The van der Waals surface area contributed by atoms with E-state index in [0.29, 0.717) is 30.3 Å². The molecule has 8 heteroatoms. The maximum Gasteiger partial charge on any atom is 0.435 e. The molecule has 0 saturated heterocycles. The Labute approximate surface area is 150 Å². The quantitative estimate of drug-likeness (QED) is 0.611. The number of hydrogen-bond acceptors (Lipinski definition) is 2. The lowest BCUT2D eigenvalue weighted by Crippen LogP contribution is -2.30. The highest BCUT2D eigenvalue weighted by Crippen LogP contribution is 2.28. The van der Waals surface area contributed by atoms with Crippen LogP contribution in [0.15, 0.2) is 24.3 Å². The van der Waals surface area contributed by atoms with Crippen molar-refractivity contribution < 1.29 is 13.2 Å². The number of benzene rings is 1. The Kier molecular flexibility index (Phi) is 6.05. The maximum absolute atomic E-state index is 12.6. The fourth-order valence-corrected chi connectivity index (χ4v) is 2.57. The van der Waals surface area contributed by atoms with Crippen LogP contribution >= 0.6 is 12.2 Å². The van der Waals surface area contributed by atoms with Crippen molar-refractivity contribution in [3.8, 4) is 0 Å². The Morgan fingerprint density at radius 3 is 2.60 bits per heavy atom. The van der Waals surface area contributed by atoms with Crippen LogP contribution in [0.2, 0.25) is 0 Å². The molecule has 0 aliphatic carbocycles. The van der Waals surface area contributed by atoms with Crippen LogP contribution in [0.3, 0.4) is 0 Å². The third-order valence-electron chi connectivity index (χ3n) is 3.96. The molecule has 0 atom stereocenters. The van der Waals surface area contributed by atoms with Crippen LogP contribution in [0.1, 0.15) is 28.9 Å². The molecule has 1 aromatic carbocycles. The van der Waals surface area contributed by atoms with Crippen LogP contribution < -0.4 is 10.6 Å². The van der Waals surface area contributed by atoms with E-state index in [1.165, 1.54) is 10.2 Å². The van der Waals surface area contributed by atoms with Crippen molar-refractivity contribution in [3.05, 3.63) is 46.8 Å². The van der Waals surface area contributed by atoms with E-state index in [9.17, 15) is 13.2 Å². The first kappa shape index (κ1) is 19.2. The van der Waals surface area contributed by atoms with Gasteiger partial charge in [0.2, 0.25) is 0 Å². The molecule has 0 bridgehead atoms. The molecule has 0 amide bonds. The summed E-state index contributed by atoms with van der Waals surface area (Å²) in [5.41, 5.74) is 2.87. The molecular weight excluding hydrogens is 349 g/mol. The topological polar surface area (TPSA) is 41.9 Å². The summed E-state index contributed by atoms with van der Waals surface area (Å²) in [7, 11) is 0. The first-order valence-electron chi connectivity index (χ1n) is 7.91.